The molecule has 0 fully saturated rings. The van der Waals surface area contributed by atoms with Gasteiger partial charge in [-0.15, -0.1) is 0 Å². The fourth-order valence-electron chi connectivity index (χ4n) is 7.92. The van der Waals surface area contributed by atoms with E-state index in [2.05, 4.69) is 104 Å². The van der Waals surface area contributed by atoms with Crippen molar-refractivity contribution in [2.24, 2.45) is 0 Å². The Bertz CT molecular complexity index is 1840. The van der Waals surface area contributed by atoms with Crippen molar-refractivity contribution in [3.05, 3.63) is 120 Å². The second-order valence-corrected chi connectivity index (χ2v) is 21.2. The number of nitrogens with one attached hydrogen (secondary N) is 2. The zero-order chi connectivity index (χ0) is 41.1. The molecule has 304 valence electrons. The first-order valence-electron chi connectivity index (χ1n) is 20.2. The molecule has 0 saturated heterocycles. The number of esters is 1. The number of benzene rings is 4. The van der Waals surface area contributed by atoms with E-state index in [1.165, 1.54) is 28.6 Å². The Morgan fingerprint density at radius 1 is 0.649 bits per heavy atom. The fraction of sp³-hybridized carbons (Fsp3) is 0.426. The van der Waals surface area contributed by atoms with E-state index in [-0.39, 0.29) is 23.6 Å². The number of amides is 2. The summed E-state index contributed by atoms with van der Waals surface area (Å²) >= 11 is 0. The number of unbranched alkanes of at least 4 members (excludes halogenated alkanes) is 3. The van der Waals surface area contributed by atoms with E-state index < -0.39 is 38.1 Å². The molecule has 0 bridgehead atoms. The number of hydrogen-bond donors (Lipinski definition) is 2. The summed E-state index contributed by atoms with van der Waals surface area (Å²) in [6.45, 7) is 12.6. The van der Waals surface area contributed by atoms with Gasteiger partial charge in [-0.1, -0.05) is 156 Å². The van der Waals surface area contributed by atoms with Crippen LogP contribution in [-0.2, 0) is 23.4 Å². The maximum Gasteiger partial charge on any atom is 0.408 e. The van der Waals surface area contributed by atoms with Crippen LogP contribution in [0.4, 0.5) is 9.59 Å². The van der Waals surface area contributed by atoms with Gasteiger partial charge in [-0.2, -0.15) is 0 Å². The van der Waals surface area contributed by atoms with Gasteiger partial charge in [0.2, 0.25) is 0 Å². The molecule has 1 aliphatic carbocycles. The molecule has 0 aliphatic heterocycles. The quantitative estimate of drug-likeness (QED) is 0.0476. The number of carbonyl (C=O) groups is 3. The lowest BCUT2D eigenvalue weighted by Gasteiger charge is -2.43. The first-order chi connectivity index (χ1) is 27.2. The number of methoxy groups -OCH3 is 1. The van der Waals surface area contributed by atoms with E-state index in [4.69, 9.17) is 18.6 Å². The van der Waals surface area contributed by atoms with Crippen molar-refractivity contribution in [3.8, 4) is 11.1 Å². The van der Waals surface area contributed by atoms with Crippen LogP contribution >= 0.6 is 0 Å². The maximum atomic E-state index is 13.7. The van der Waals surface area contributed by atoms with Crippen molar-refractivity contribution in [1.29, 1.82) is 0 Å². The standard InChI is InChI=1S/C47H60N2O7Si/c1-46(2,3)56-45(52)49-42(43(50)53-7)31-17-9-8-12-22-34(32-55-57(47(4,5)6,35-23-13-10-14-24-35)36-25-15-11-16-26-36)48-44(51)54-33-41-39-29-20-18-27-37(39)38-28-19-21-30-40(38)41/h10-11,13-16,18-21,23-30,34,41-42H,8-9,12,17,22,31-33H2,1-7H3,(H,48,51)(H,49,52)/t34-,42-/m0/s1. The molecule has 10 heteroatoms. The highest BCUT2D eigenvalue weighted by Gasteiger charge is 2.50. The van der Waals surface area contributed by atoms with Crippen LogP contribution in [0.3, 0.4) is 0 Å². The van der Waals surface area contributed by atoms with E-state index in [1.807, 2.05) is 36.4 Å². The SMILES string of the molecule is COC(=O)[C@H](CCCCCC[C@@H](CO[Si](c1ccccc1)(c1ccccc1)C(C)(C)C)NC(=O)OCC1c2ccccc2-c2ccccc21)NC(=O)OC(C)(C)C. The van der Waals surface area contributed by atoms with Gasteiger partial charge < -0.3 is 29.3 Å². The van der Waals surface area contributed by atoms with Gasteiger partial charge in [-0.3, -0.25) is 0 Å². The molecule has 0 saturated carbocycles. The molecule has 0 unspecified atom stereocenters. The lowest BCUT2D eigenvalue weighted by atomic mass is 9.98. The molecule has 0 heterocycles. The topological polar surface area (TPSA) is 112 Å². The van der Waals surface area contributed by atoms with Gasteiger partial charge >= 0.3 is 18.2 Å². The predicted molar refractivity (Wildman–Crippen MR) is 228 cm³/mol. The lowest BCUT2D eigenvalue weighted by molar-refractivity contribution is -0.143. The molecule has 2 N–H and O–H groups in total. The number of carbonyl (C=O) groups excluding carboxylic acids is 3. The average molecular weight is 793 g/mol. The molecule has 2 atom stereocenters. The number of ether oxygens (including phenoxy) is 3. The summed E-state index contributed by atoms with van der Waals surface area (Å²) in [6, 6.07) is 36.5. The molecule has 57 heavy (non-hydrogen) atoms. The van der Waals surface area contributed by atoms with Gasteiger partial charge in [0, 0.05) is 5.92 Å². The van der Waals surface area contributed by atoms with Crippen LogP contribution in [0.2, 0.25) is 5.04 Å². The Hall–Kier alpha value is -4.93. The Labute approximate surface area is 340 Å². The summed E-state index contributed by atoms with van der Waals surface area (Å²) in [7, 11) is -1.57. The summed E-state index contributed by atoms with van der Waals surface area (Å²) in [6.07, 6.45) is 3.13. The summed E-state index contributed by atoms with van der Waals surface area (Å²) in [5, 5.41) is 7.97. The predicted octanol–water partition coefficient (Wildman–Crippen LogP) is 8.88. The van der Waals surface area contributed by atoms with Gasteiger partial charge in [0.05, 0.1) is 19.8 Å². The Kier molecular flexibility index (Phi) is 14.8. The van der Waals surface area contributed by atoms with Crippen molar-refractivity contribution in [1.82, 2.24) is 10.6 Å². The second-order valence-electron chi connectivity index (χ2n) is 16.9. The first kappa shape index (κ1) is 43.2. The Balaban J connectivity index is 1.28. The third-order valence-corrected chi connectivity index (χ3v) is 15.6. The Morgan fingerprint density at radius 3 is 1.67 bits per heavy atom. The molecule has 2 amide bonds. The largest absolute Gasteiger partial charge is 0.467 e. The van der Waals surface area contributed by atoms with E-state index >= 15 is 0 Å². The van der Waals surface area contributed by atoms with Crippen molar-refractivity contribution in [3.63, 3.8) is 0 Å². The molecule has 1 aliphatic rings. The number of hydrogen-bond acceptors (Lipinski definition) is 7. The molecular formula is C47H60N2O7Si. The van der Waals surface area contributed by atoms with Crippen molar-refractivity contribution < 1.29 is 33.0 Å². The molecule has 4 aromatic rings. The smallest absolute Gasteiger partial charge is 0.408 e. The van der Waals surface area contributed by atoms with Gasteiger partial charge in [-0.05, 0) is 71.3 Å². The fourth-order valence-corrected chi connectivity index (χ4v) is 12.5. The number of alkyl carbamates (subject to hydrolysis) is 2. The second kappa shape index (κ2) is 19.5. The number of rotatable bonds is 17. The van der Waals surface area contributed by atoms with Crippen LogP contribution in [-0.4, -0.2) is 64.5 Å². The van der Waals surface area contributed by atoms with Gasteiger partial charge in [0.15, 0.2) is 0 Å². The van der Waals surface area contributed by atoms with Gasteiger partial charge in [0.1, 0.15) is 18.2 Å². The first-order valence-corrected chi connectivity index (χ1v) is 22.1. The van der Waals surface area contributed by atoms with Crippen LogP contribution in [0.15, 0.2) is 109 Å². The van der Waals surface area contributed by atoms with E-state index in [0.29, 0.717) is 25.9 Å². The van der Waals surface area contributed by atoms with Crippen LogP contribution in [0.5, 0.6) is 0 Å². The molecule has 0 radical (unpaired) electrons. The normalized spacial score (nSPS) is 13.8. The zero-order valence-electron chi connectivity index (χ0n) is 34.6. The highest BCUT2D eigenvalue weighted by molar-refractivity contribution is 6.99. The molecule has 4 aromatic carbocycles. The minimum absolute atomic E-state index is 0.0476. The molecule has 0 spiro atoms. The average Bonchev–Trinajstić information content (AvgIpc) is 3.50. The number of fused-ring (bicyclic) bond motifs is 3. The van der Waals surface area contributed by atoms with Crippen molar-refractivity contribution >= 4 is 36.8 Å². The zero-order valence-corrected chi connectivity index (χ0v) is 35.6. The van der Waals surface area contributed by atoms with Crippen LogP contribution < -0.4 is 21.0 Å². The van der Waals surface area contributed by atoms with Gasteiger partial charge in [0.25, 0.3) is 8.32 Å². The third-order valence-electron chi connectivity index (χ3n) is 10.6. The van der Waals surface area contributed by atoms with Gasteiger partial charge in [-0.25, -0.2) is 14.4 Å². The molecule has 0 aromatic heterocycles. The van der Waals surface area contributed by atoms with E-state index in [1.54, 1.807) is 20.8 Å². The summed E-state index contributed by atoms with van der Waals surface area (Å²) in [5.74, 6) is -0.553. The molecular weight excluding hydrogens is 733 g/mol. The van der Waals surface area contributed by atoms with Crippen molar-refractivity contribution in [2.45, 2.75) is 109 Å². The van der Waals surface area contributed by atoms with Crippen LogP contribution in [0, 0.1) is 0 Å². The van der Waals surface area contributed by atoms with Crippen LogP contribution in [0.25, 0.3) is 11.1 Å². The highest BCUT2D eigenvalue weighted by atomic mass is 28.4. The third kappa shape index (κ3) is 11.1. The Morgan fingerprint density at radius 2 is 1.16 bits per heavy atom. The lowest BCUT2D eigenvalue weighted by Crippen LogP contribution is -2.67. The minimum atomic E-state index is -2.88. The maximum absolute atomic E-state index is 13.7. The summed E-state index contributed by atoms with van der Waals surface area (Å²) < 4.78 is 23.6. The van der Waals surface area contributed by atoms with Crippen molar-refractivity contribution in [2.75, 3.05) is 20.3 Å². The molecule has 9 nitrogen and oxygen atoms in total. The molecule has 5 rings (SSSR count). The monoisotopic (exact) mass is 792 g/mol. The van der Waals surface area contributed by atoms with E-state index in [9.17, 15) is 14.4 Å². The minimum Gasteiger partial charge on any atom is -0.467 e. The highest BCUT2D eigenvalue weighted by Crippen LogP contribution is 2.44. The van der Waals surface area contributed by atoms with E-state index in [0.717, 1.165) is 30.4 Å². The van der Waals surface area contributed by atoms with Crippen LogP contribution in [0.1, 0.15) is 97.1 Å². The summed E-state index contributed by atoms with van der Waals surface area (Å²) in [4.78, 5) is 38.6. The summed E-state index contributed by atoms with van der Waals surface area (Å²) in [5.41, 5.74) is 3.99.